The van der Waals surface area contributed by atoms with Gasteiger partial charge in [0.25, 0.3) is 0 Å². The molecule has 0 fully saturated rings. The fourth-order valence-electron chi connectivity index (χ4n) is 0.463. The second-order valence-corrected chi connectivity index (χ2v) is 1.55. The number of hydrogen-bond acceptors (Lipinski definition) is 1. The van der Waals surface area contributed by atoms with E-state index in [1.54, 1.807) is 6.08 Å². The summed E-state index contributed by atoms with van der Waals surface area (Å²) in [5.74, 6) is 2.75. The van der Waals surface area contributed by atoms with Crippen LogP contribution in [0, 0.1) is 0 Å². The predicted octanol–water partition coefficient (Wildman–Crippen LogP) is 1.17. The van der Waals surface area contributed by atoms with E-state index in [1.807, 2.05) is 19.1 Å². The van der Waals surface area contributed by atoms with Gasteiger partial charge in [-0.15, -0.1) is 0 Å². The maximum atomic E-state index is 3.94. The third kappa shape index (κ3) is 1.02. The summed E-state index contributed by atoms with van der Waals surface area (Å²) in [5, 5.41) is 0. The lowest BCUT2D eigenvalue weighted by molar-refractivity contribution is 0.931. The highest BCUT2D eigenvalue weighted by atomic mass is 14.7. The first kappa shape index (κ1) is 4.35. The first-order valence-corrected chi connectivity index (χ1v) is 2.35. The molecule has 0 radical (unpaired) electrons. The van der Waals surface area contributed by atoms with Gasteiger partial charge >= 0.3 is 0 Å². The molecule has 0 aromatic heterocycles. The number of rotatable bonds is 0. The van der Waals surface area contributed by atoms with Gasteiger partial charge in [-0.2, -0.15) is 0 Å². The van der Waals surface area contributed by atoms with Gasteiger partial charge in [-0.1, -0.05) is 12.2 Å². The van der Waals surface area contributed by atoms with Crippen molar-refractivity contribution in [3.05, 3.63) is 18.2 Å². The molecule has 1 aliphatic heterocycles. The molecule has 7 heavy (non-hydrogen) atoms. The summed E-state index contributed by atoms with van der Waals surface area (Å²) in [7, 11) is 0. The van der Waals surface area contributed by atoms with Gasteiger partial charge in [-0.05, 0) is 18.9 Å². The van der Waals surface area contributed by atoms with Gasteiger partial charge in [0.2, 0.25) is 0 Å². The Morgan fingerprint density at radius 2 is 2.57 bits per heavy atom. The minimum Gasteiger partial charge on any atom is -0.236 e. The first-order chi connectivity index (χ1) is 3.39. The first-order valence-electron chi connectivity index (χ1n) is 2.35. The van der Waals surface area contributed by atoms with E-state index < -0.39 is 0 Å². The molecule has 0 amide bonds. The molecular weight excluding hydrogens is 86.1 g/mol. The molecule has 1 heterocycles. The molecular formula is C6H7N. The third-order valence-electron chi connectivity index (χ3n) is 0.839. The van der Waals surface area contributed by atoms with Crippen molar-refractivity contribution in [2.24, 2.45) is 4.99 Å². The SMILES string of the molecule is C[C@@H]1C=CC=C=N1. The molecule has 1 nitrogen and oxygen atoms in total. The molecule has 36 valence electrons. The van der Waals surface area contributed by atoms with Crippen LogP contribution in [-0.2, 0) is 0 Å². The van der Waals surface area contributed by atoms with E-state index in [1.165, 1.54) is 0 Å². The predicted molar refractivity (Wildman–Crippen MR) is 30.6 cm³/mol. The van der Waals surface area contributed by atoms with E-state index in [0.29, 0.717) is 6.04 Å². The van der Waals surface area contributed by atoms with Crippen molar-refractivity contribution in [1.29, 1.82) is 0 Å². The highest BCUT2D eigenvalue weighted by molar-refractivity contribution is 5.56. The third-order valence-corrected chi connectivity index (χ3v) is 0.839. The van der Waals surface area contributed by atoms with Crippen LogP contribution in [0.4, 0.5) is 0 Å². The van der Waals surface area contributed by atoms with Gasteiger partial charge in [0.1, 0.15) is 0 Å². The fraction of sp³-hybridized carbons (Fsp3) is 0.333. The number of allylic oxidation sites excluding steroid dienone is 2. The van der Waals surface area contributed by atoms with E-state index in [9.17, 15) is 0 Å². The summed E-state index contributed by atoms with van der Waals surface area (Å²) in [4.78, 5) is 3.94. The quantitative estimate of drug-likeness (QED) is 0.426. The standard InChI is InChI=1S/C6H7N/c1-6-4-2-3-5-7-6/h2-4,6H,1H3/t6-/m1/s1. The monoisotopic (exact) mass is 93.1 g/mol. The molecule has 0 unspecified atom stereocenters. The molecule has 1 rings (SSSR count). The smallest absolute Gasteiger partial charge is 0.0749 e. The summed E-state index contributed by atoms with van der Waals surface area (Å²) in [6, 6.07) is 0.338. The Bertz CT molecular complexity index is 138. The van der Waals surface area contributed by atoms with Crippen LogP contribution in [0.15, 0.2) is 23.2 Å². The Balaban J connectivity index is 2.77. The van der Waals surface area contributed by atoms with Crippen LogP contribution in [0.2, 0.25) is 0 Å². The van der Waals surface area contributed by atoms with Gasteiger partial charge in [-0.25, -0.2) is 4.99 Å². The van der Waals surface area contributed by atoms with Crippen molar-refractivity contribution in [2.45, 2.75) is 13.0 Å². The van der Waals surface area contributed by atoms with Gasteiger partial charge in [-0.3, -0.25) is 0 Å². The Morgan fingerprint density at radius 1 is 1.71 bits per heavy atom. The lowest BCUT2D eigenvalue weighted by atomic mass is 10.3. The molecule has 0 aromatic carbocycles. The van der Waals surface area contributed by atoms with Crippen molar-refractivity contribution in [1.82, 2.24) is 0 Å². The van der Waals surface area contributed by atoms with Crippen molar-refractivity contribution >= 4 is 5.87 Å². The minimum absolute atomic E-state index is 0.338. The highest BCUT2D eigenvalue weighted by Gasteiger charge is 1.88. The van der Waals surface area contributed by atoms with Crippen LogP contribution in [0.5, 0.6) is 0 Å². The van der Waals surface area contributed by atoms with Gasteiger partial charge in [0.05, 0.1) is 6.04 Å². The molecule has 1 heteroatoms. The minimum atomic E-state index is 0.338. The second-order valence-electron chi connectivity index (χ2n) is 1.55. The van der Waals surface area contributed by atoms with Crippen molar-refractivity contribution in [3.63, 3.8) is 0 Å². The van der Waals surface area contributed by atoms with Gasteiger partial charge in [0, 0.05) is 0 Å². The van der Waals surface area contributed by atoms with E-state index in [0.717, 1.165) is 0 Å². The molecule has 0 saturated carbocycles. The summed E-state index contributed by atoms with van der Waals surface area (Å²) in [6.45, 7) is 2.02. The van der Waals surface area contributed by atoms with Crippen LogP contribution in [0.25, 0.3) is 0 Å². The number of hydrogen-bond donors (Lipinski definition) is 0. The van der Waals surface area contributed by atoms with E-state index >= 15 is 0 Å². The summed E-state index contributed by atoms with van der Waals surface area (Å²) in [6.07, 6.45) is 5.79. The van der Waals surface area contributed by atoms with E-state index in [4.69, 9.17) is 0 Å². The van der Waals surface area contributed by atoms with Gasteiger partial charge < -0.3 is 0 Å². The number of aliphatic imine (C=N–C) groups is 1. The lowest BCUT2D eigenvalue weighted by Crippen LogP contribution is -1.91. The Hall–Kier alpha value is -0.810. The molecule has 0 aromatic rings. The van der Waals surface area contributed by atoms with E-state index in [2.05, 4.69) is 10.9 Å². The average molecular weight is 93.1 g/mol. The van der Waals surface area contributed by atoms with Crippen molar-refractivity contribution in [2.75, 3.05) is 0 Å². The Labute approximate surface area is 43.1 Å². The summed E-state index contributed by atoms with van der Waals surface area (Å²) >= 11 is 0. The summed E-state index contributed by atoms with van der Waals surface area (Å²) in [5.41, 5.74) is 0. The zero-order valence-electron chi connectivity index (χ0n) is 4.26. The largest absolute Gasteiger partial charge is 0.236 e. The fourth-order valence-corrected chi connectivity index (χ4v) is 0.463. The maximum Gasteiger partial charge on any atom is 0.0749 e. The average Bonchev–Trinajstić information content (AvgIpc) is 1.69. The molecule has 0 aliphatic carbocycles. The van der Waals surface area contributed by atoms with Crippen molar-refractivity contribution < 1.29 is 0 Å². The van der Waals surface area contributed by atoms with Crippen LogP contribution >= 0.6 is 0 Å². The molecule has 1 aliphatic rings. The zero-order valence-corrected chi connectivity index (χ0v) is 4.26. The molecule has 0 N–H and O–H groups in total. The second kappa shape index (κ2) is 1.76. The molecule has 0 bridgehead atoms. The molecule has 0 spiro atoms. The topological polar surface area (TPSA) is 12.4 Å². The van der Waals surface area contributed by atoms with Crippen LogP contribution < -0.4 is 0 Å². The molecule has 1 atom stereocenters. The summed E-state index contributed by atoms with van der Waals surface area (Å²) < 4.78 is 0. The zero-order chi connectivity index (χ0) is 5.11. The van der Waals surface area contributed by atoms with Crippen molar-refractivity contribution in [3.8, 4) is 0 Å². The van der Waals surface area contributed by atoms with Gasteiger partial charge in [0.15, 0.2) is 0 Å². The Kier molecular flexibility index (Phi) is 1.10. The Morgan fingerprint density at radius 3 is 2.86 bits per heavy atom. The van der Waals surface area contributed by atoms with Crippen LogP contribution in [0.3, 0.4) is 0 Å². The maximum absolute atomic E-state index is 3.94. The van der Waals surface area contributed by atoms with Crippen LogP contribution in [0.1, 0.15) is 6.92 Å². The van der Waals surface area contributed by atoms with Crippen LogP contribution in [-0.4, -0.2) is 11.9 Å². The molecule has 0 saturated heterocycles. The lowest BCUT2D eigenvalue weighted by Gasteiger charge is -1.94. The van der Waals surface area contributed by atoms with E-state index in [-0.39, 0.29) is 0 Å². The normalized spacial score (nSPS) is 26.1. The number of nitrogens with zero attached hydrogens (tertiary/aromatic N) is 1. The highest BCUT2D eigenvalue weighted by Crippen LogP contribution is 1.92.